The minimum atomic E-state index is -0.586. The van der Waals surface area contributed by atoms with E-state index in [2.05, 4.69) is 10.3 Å². The third-order valence-corrected chi connectivity index (χ3v) is 4.32. The number of hydrogen-bond acceptors (Lipinski definition) is 5. The fraction of sp³-hybridized carbons (Fsp3) is 0. The number of nitrogens with one attached hydrogen (secondary N) is 1. The van der Waals surface area contributed by atoms with E-state index in [-0.39, 0.29) is 11.3 Å². The summed E-state index contributed by atoms with van der Waals surface area (Å²) >= 11 is 5.96. The Morgan fingerprint density at radius 1 is 1.07 bits per heavy atom. The lowest BCUT2D eigenvalue weighted by atomic mass is 10.1. The molecule has 4 aromatic rings. The van der Waals surface area contributed by atoms with Crippen LogP contribution in [0.1, 0.15) is 10.4 Å². The number of amides is 1. The number of nitro benzene ring substituents is 1. The van der Waals surface area contributed by atoms with Gasteiger partial charge >= 0.3 is 0 Å². The number of fused-ring (bicyclic) bond motifs is 1. The first-order chi connectivity index (χ1) is 13.5. The van der Waals surface area contributed by atoms with Crippen molar-refractivity contribution in [3.63, 3.8) is 0 Å². The highest BCUT2D eigenvalue weighted by atomic mass is 35.5. The van der Waals surface area contributed by atoms with Gasteiger partial charge in [0.05, 0.1) is 4.92 Å². The number of carbonyl (C=O) groups is 1. The normalized spacial score (nSPS) is 10.8. The van der Waals surface area contributed by atoms with Crippen LogP contribution in [0, 0.1) is 10.1 Å². The van der Waals surface area contributed by atoms with Gasteiger partial charge in [-0.2, -0.15) is 0 Å². The second-order valence-corrected chi connectivity index (χ2v) is 6.37. The third kappa shape index (κ3) is 3.43. The van der Waals surface area contributed by atoms with E-state index in [1.54, 1.807) is 48.5 Å². The summed E-state index contributed by atoms with van der Waals surface area (Å²) in [4.78, 5) is 27.3. The molecule has 1 aromatic heterocycles. The van der Waals surface area contributed by atoms with Crippen LogP contribution < -0.4 is 5.32 Å². The smallest absolute Gasteiger partial charge is 0.282 e. The van der Waals surface area contributed by atoms with Crippen molar-refractivity contribution in [3.8, 4) is 11.5 Å². The van der Waals surface area contributed by atoms with Crippen molar-refractivity contribution in [3.05, 3.63) is 87.4 Å². The molecule has 0 fully saturated rings. The summed E-state index contributed by atoms with van der Waals surface area (Å²) in [5.41, 5.74) is 2.22. The van der Waals surface area contributed by atoms with E-state index in [0.29, 0.717) is 27.7 Å². The van der Waals surface area contributed by atoms with Crippen LogP contribution in [0.25, 0.3) is 22.6 Å². The Morgan fingerprint density at radius 2 is 1.82 bits per heavy atom. The molecule has 0 atom stereocenters. The van der Waals surface area contributed by atoms with Crippen molar-refractivity contribution < 1.29 is 14.1 Å². The van der Waals surface area contributed by atoms with Crippen molar-refractivity contribution in [2.75, 3.05) is 5.32 Å². The van der Waals surface area contributed by atoms with E-state index >= 15 is 0 Å². The molecule has 0 saturated heterocycles. The largest absolute Gasteiger partial charge is 0.436 e. The summed E-state index contributed by atoms with van der Waals surface area (Å²) < 4.78 is 5.71. The second-order valence-electron chi connectivity index (χ2n) is 5.94. The van der Waals surface area contributed by atoms with E-state index < -0.39 is 10.8 Å². The fourth-order valence-corrected chi connectivity index (χ4v) is 2.91. The minimum absolute atomic E-state index is 0.00703. The monoisotopic (exact) mass is 393 g/mol. The number of nitrogens with zero attached hydrogens (tertiary/aromatic N) is 2. The Balaban J connectivity index is 1.56. The molecular formula is C20H12ClN3O4. The highest BCUT2D eigenvalue weighted by molar-refractivity contribution is 6.31. The predicted molar refractivity (Wildman–Crippen MR) is 106 cm³/mol. The van der Waals surface area contributed by atoms with Crippen molar-refractivity contribution in [2.45, 2.75) is 0 Å². The number of aromatic nitrogens is 1. The van der Waals surface area contributed by atoms with Crippen molar-refractivity contribution in [1.29, 1.82) is 0 Å². The highest BCUT2D eigenvalue weighted by Gasteiger charge is 2.19. The lowest BCUT2D eigenvalue weighted by molar-refractivity contribution is -0.385. The fourth-order valence-electron chi connectivity index (χ4n) is 2.74. The van der Waals surface area contributed by atoms with Crippen LogP contribution in [0.4, 0.5) is 11.4 Å². The second kappa shape index (κ2) is 7.13. The van der Waals surface area contributed by atoms with Gasteiger partial charge in [0.15, 0.2) is 5.58 Å². The number of oxazole rings is 1. The molecule has 1 amide bonds. The Kier molecular flexibility index (Phi) is 4.50. The van der Waals surface area contributed by atoms with Gasteiger partial charge in [-0.3, -0.25) is 14.9 Å². The van der Waals surface area contributed by atoms with Gasteiger partial charge in [0, 0.05) is 22.3 Å². The quantitative estimate of drug-likeness (QED) is 0.374. The standard InChI is InChI=1S/C20H12ClN3O4/c21-13-7-10-18-16(11-13)23-20(28-18)12-5-8-14(9-6-12)22-19(25)15-3-1-2-4-17(15)24(26)27/h1-11H,(H,22,25). The van der Waals surface area contributed by atoms with E-state index in [1.807, 2.05) is 0 Å². The zero-order chi connectivity index (χ0) is 19.7. The lowest BCUT2D eigenvalue weighted by Crippen LogP contribution is -2.13. The molecule has 0 bridgehead atoms. The summed E-state index contributed by atoms with van der Waals surface area (Å²) in [5.74, 6) is -0.134. The molecule has 0 aliphatic rings. The van der Waals surface area contributed by atoms with Gasteiger partial charge in [0.1, 0.15) is 11.1 Å². The Morgan fingerprint density at radius 3 is 2.57 bits per heavy atom. The number of anilines is 1. The molecule has 8 heteroatoms. The average Bonchev–Trinajstić information content (AvgIpc) is 3.11. The minimum Gasteiger partial charge on any atom is -0.436 e. The molecule has 0 unspecified atom stereocenters. The molecule has 0 spiro atoms. The molecule has 0 aliphatic carbocycles. The SMILES string of the molecule is O=C(Nc1ccc(-c2nc3cc(Cl)ccc3o2)cc1)c1ccccc1[N+](=O)[O-]. The number of halogens is 1. The van der Waals surface area contributed by atoms with Gasteiger partial charge in [-0.05, 0) is 48.5 Å². The molecule has 1 N–H and O–H groups in total. The molecule has 0 radical (unpaired) electrons. The maximum Gasteiger partial charge on any atom is 0.282 e. The zero-order valence-electron chi connectivity index (χ0n) is 14.3. The van der Waals surface area contributed by atoms with Crippen LogP contribution in [-0.4, -0.2) is 15.8 Å². The van der Waals surface area contributed by atoms with Crippen molar-refractivity contribution >= 4 is 40.0 Å². The van der Waals surface area contributed by atoms with Crippen LogP contribution in [0.2, 0.25) is 5.02 Å². The van der Waals surface area contributed by atoms with Gasteiger partial charge in [0.25, 0.3) is 11.6 Å². The first kappa shape index (κ1) is 17.7. The summed E-state index contributed by atoms with van der Waals surface area (Å²) in [7, 11) is 0. The number of nitro groups is 1. The maximum absolute atomic E-state index is 12.4. The van der Waals surface area contributed by atoms with Gasteiger partial charge in [0.2, 0.25) is 5.89 Å². The van der Waals surface area contributed by atoms with Crippen LogP contribution in [-0.2, 0) is 0 Å². The van der Waals surface area contributed by atoms with Crippen LogP contribution in [0.3, 0.4) is 0 Å². The summed E-state index contributed by atoms with van der Waals surface area (Å²) in [6, 6.07) is 17.8. The molecule has 3 aromatic carbocycles. The van der Waals surface area contributed by atoms with Crippen molar-refractivity contribution in [1.82, 2.24) is 4.98 Å². The number of hydrogen-bond donors (Lipinski definition) is 1. The van der Waals surface area contributed by atoms with Crippen molar-refractivity contribution in [2.24, 2.45) is 0 Å². The molecule has 0 aliphatic heterocycles. The Labute approximate surface area is 163 Å². The summed E-state index contributed by atoms with van der Waals surface area (Å²) in [6.45, 7) is 0. The Hall–Kier alpha value is -3.71. The Bertz CT molecular complexity index is 1200. The van der Waals surface area contributed by atoms with E-state index in [0.717, 1.165) is 5.56 Å². The van der Waals surface area contributed by atoms with Gasteiger partial charge in [-0.1, -0.05) is 23.7 Å². The average molecular weight is 394 g/mol. The lowest BCUT2D eigenvalue weighted by Gasteiger charge is -2.06. The highest BCUT2D eigenvalue weighted by Crippen LogP contribution is 2.27. The van der Waals surface area contributed by atoms with Crippen LogP contribution in [0.15, 0.2) is 71.1 Å². The van der Waals surface area contributed by atoms with Crippen LogP contribution >= 0.6 is 11.6 Å². The number of benzene rings is 3. The van der Waals surface area contributed by atoms with E-state index in [9.17, 15) is 14.9 Å². The van der Waals surface area contributed by atoms with Gasteiger partial charge < -0.3 is 9.73 Å². The van der Waals surface area contributed by atoms with Gasteiger partial charge in [-0.25, -0.2) is 4.98 Å². The molecule has 0 saturated carbocycles. The first-order valence-electron chi connectivity index (χ1n) is 8.22. The molecule has 28 heavy (non-hydrogen) atoms. The topological polar surface area (TPSA) is 98.3 Å². The molecule has 1 heterocycles. The maximum atomic E-state index is 12.4. The first-order valence-corrected chi connectivity index (χ1v) is 8.60. The zero-order valence-corrected chi connectivity index (χ0v) is 15.0. The molecule has 138 valence electrons. The molecule has 4 rings (SSSR count). The number of rotatable bonds is 4. The predicted octanol–water partition coefficient (Wildman–Crippen LogP) is 5.31. The number of carbonyl (C=O) groups excluding carboxylic acids is 1. The van der Waals surface area contributed by atoms with E-state index in [4.69, 9.17) is 16.0 Å². The van der Waals surface area contributed by atoms with Gasteiger partial charge in [-0.15, -0.1) is 0 Å². The summed E-state index contributed by atoms with van der Waals surface area (Å²) in [5, 5.41) is 14.3. The number of para-hydroxylation sites is 1. The molecule has 7 nitrogen and oxygen atoms in total. The third-order valence-electron chi connectivity index (χ3n) is 4.08. The van der Waals surface area contributed by atoms with E-state index in [1.165, 1.54) is 18.2 Å². The summed E-state index contributed by atoms with van der Waals surface area (Å²) in [6.07, 6.45) is 0. The molecular weight excluding hydrogens is 382 g/mol. The van der Waals surface area contributed by atoms with Crippen LogP contribution in [0.5, 0.6) is 0 Å².